The zero-order valence-corrected chi connectivity index (χ0v) is 13.7. The molecule has 0 saturated heterocycles. The van der Waals surface area contributed by atoms with Gasteiger partial charge in [-0.25, -0.2) is 0 Å². The van der Waals surface area contributed by atoms with Crippen LogP contribution in [0.3, 0.4) is 0 Å². The van der Waals surface area contributed by atoms with Gasteiger partial charge in [0.05, 0.1) is 10.7 Å². The number of carbonyl (C=O) groups excluding carboxylic acids is 1. The quantitative estimate of drug-likeness (QED) is 0.743. The van der Waals surface area contributed by atoms with Gasteiger partial charge < -0.3 is 9.88 Å². The van der Waals surface area contributed by atoms with Crippen LogP contribution in [0, 0.1) is 3.57 Å². The fourth-order valence-corrected chi connectivity index (χ4v) is 3.25. The first kappa shape index (κ1) is 13.9. The summed E-state index contributed by atoms with van der Waals surface area (Å²) in [6.07, 6.45) is 5.53. The summed E-state index contributed by atoms with van der Waals surface area (Å²) in [6, 6.07) is 9.84. The molecule has 0 unspecified atom stereocenters. The van der Waals surface area contributed by atoms with Crippen LogP contribution in [0.1, 0.15) is 35.8 Å². The van der Waals surface area contributed by atoms with Crippen molar-refractivity contribution < 1.29 is 4.79 Å². The molecule has 0 atom stereocenters. The summed E-state index contributed by atoms with van der Waals surface area (Å²) in [7, 11) is 0. The molecule has 1 saturated carbocycles. The van der Waals surface area contributed by atoms with Crippen molar-refractivity contribution in [2.75, 3.05) is 5.32 Å². The van der Waals surface area contributed by atoms with E-state index in [1.807, 2.05) is 36.5 Å². The van der Waals surface area contributed by atoms with Gasteiger partial charge >= 0.3 is 0 Å². The summed E-state index contributed by atoms with van der Waals surface area (Å²) in [6.45, 7) is 0. The first-order valence-electron chi connectivity index (χ1n) is 6.58. The third-order valence-electron chi connectivity index (χ3n) is 3.66. The Hall–Kier alpha value is -1.01. The minimum absolute atomic E-state index is 0.106. The zero-order chi connectivity index (χ0) is 14.1. The third kappa shape index (κ3) is 2.72. The second kappa shape index (κ2) is 5.77. The molecule has 1 amide bonds. The molecule has 3 rings (SSSR count). The molecule has 3 nitrogen and oxygen atoms in total. The minimum atomic E-state index is -0.106. The number of aromatic nitrogens is 1. The van der Waals surface area contributed by atoms with E-state index in [0.717, 1.165) is 16.4 Å². The topological polar surface area (TPSA) is 34.0 Å². The van der Waals surface area contributed by atoms with E-state index in [-0.39, 0.29) is 5.91 Å². The molecule has 0 aliphatic heterocycles. The third-order valence-corrected chi connectivity index (χ3v) is 4.64. The van der Waals surface area contributed by atoms with Crippen LogP contribution in [0.15, 0.2) is 36.5 Å². The van der Waals surface area contributed by atoms with Crippen molar-refractivity contribution in [2.45, 2.75) is 25.3 Å². The summed E-state index contributed by atoms with van der Waals surface area (Å²) in [5, 5.41) is 3.45. The van der Waals surface area contributed by atoms with Crippen LogP contribution < -0.4 is 5.32 Å². The van der Waals surface area contributed by atoms with Crippen LogP contribution in [0.25, 0.3) is 0 Å². The molecule has 1 heterocycles. The number of nitrogens with zero attached hydrogens (tertiary/aromatic N) is 1. The van der Waals surface area contributed by atoms with Crippen molar-refractivity contribution in [1.29, 1.82) is 0 Å². The van der Waals surface area contributed by atoms with E-state index in [1.165, 1.54) is 6.42 Å². The fourth-order valence-electron chi connectivity index (χ4n) is 2.35. The van der Waals surface area contributed by atoms with Crippen LogP contribution in [0.4, 0.5) is 5.69 Å². The van der Waals surface area contributed by atoms with Crippen LogP contribution in [-0.4, -0.2) is 10.5 Å². The van der Waals surface area contributed by atoms with Gasteiger partial charge in [0.25, 0.3) is 5.91 Å². The Morgan fingerprint density at radius 3 is 2.80 bits per heavy atom. The monoisotopic (exact) mass is 400 g/mol. The highest BCUT2D eigenvalue weighted by molar-refractivity contribution is 14.1. The van der Waals surface area contributed by atoms with Gasteiger partial charge in [-0.15, -0.1) is 0 Å². The van der Waals surface area contributed by atoms with E-state index in [2.05, 4.69) is 32.5 Å². The maximum absolute atomic E-state index is 12.4. The van der Waals surface area contributed by atoms with E-state index < -0.39 is 0 Å². The molecule has 5 heteroatoms. The molecule has 1 aromatic carbocycles. The van der Waals surface area contributed by atoms with E-state index in [4.69, 9.17) is 11.6 Å². The molecule has 20 heavy (non-hydrogen) atoms. The maximum atomic E-state index is 12.4. The average Bonchev–Trinajstić information content (AvgIpc) is 2.79. The Morgan fingerprint density at radius 2 is 2.15 bits per heavy atom. The highest BCUT2D eigenvalue weighted by Gasteiger charge is 2.23. The van der Waals surface area contributed by atoms with E-state index in [0.29, 0.717) is 22.4 Å². The Labute approximate surface area is 136 Å². The predicted molar refractivity (Wildman–Crippen MR) is 89.4 cm³/mol. The summed E-state index contributed by atoms with van der Waals surface area (Å²) in [5.74, 6) is -0.106. The van der Waals surface area contributed by atoms with Gasteiger partial charge in [0, 0.05) is 15.8 Å². The van der Waals surface area contributed by atoms with Gasteiger partial charge in [-0.3, -0.25) is 4.79 Å². The summed E-state index contributed by atoms with van der Waals surface area (Å²) < 4.78 is 3.11. The number of hydrogen-bond acceptors (Lipinski definition) is 1. The molecule has 1 aliphatic carbocycles. The number of hydrogen-bond donors (Lipinski definition) is 1. The number of amides is 1. The number of benzene rings is 1. The largest absolute Gasteiger partial charge is 0.340 e. The van der Waals surface area contributed by atoms with Crippen molar-refractivity contribution in [3.63, 3.8) is 0 Å². The van der Waals surface area contributed by atoms with Crippen molar-refractivity contribution in [2.24, 2.45) is 0 Å². The first-order chi connectivity index (χ1) is 9.65. The lowest BCUT2D eigenvalue weighted by molar-refractivity contribution is 0.101. The zero-order valence-electron chi connectivity index (χ0n) is 10.8. The van der Waals surface area contributed by atoms with Crippen molar-refractivity contribution in [1.82, 2.24) is 4.57 Å². The van der Waals surface area contributed by atoms with Crippen molar-refractivity contribution in [3.05, 3.63) is 50.8 Å². The van der Waals surface area contributed by atoms with E-state index >= 15 is 0 Å². The van der Waals surface area contributed by atoms with Gasteiger partial charge in [0.15, 0.2) is 0 Å². The lowest BCUT2D eigenvalue weighted by Crippen LogP contribution is -2.23. The van der Waals surface area contributed by atoms with Gasteiger partial charge in [0.1, 0.15) is 5.69 Å². The molecule has 0 radical (unpaired) electrons. The molecule has 0 spiro atoms. The molecule has 104 valence electrons. The lowest BCUT2D eigenvalue weighted by atomic mass is 9.93. The van der Waals surface area contributed by atoms with E-state index in [1.54, 1.807) is 0 Å². The van der Waals surface area contributed by atoms with Gasteiger partial charge in [-0.2, -0.15) is 0 Å². The number of halogens is 2. The van der Waals surface area contributed by atoms with E-state index in [9.17, 15) is 4.79 Å². The Bertz CT molecular complexity index is 649. The van der Waals surface area contributed by atoms with Crippen molar-refractivity contribution in [3.8, 4) is 0 Å². The number of anilines is 1. The molecule has 1 N–H and O–H groups in total. The SMILES string of the molecule is O=C(Nc1ccc(I)cc1Cl)c1cccn1C1CCC1. The highest BCUT2D eigenvalue weighted by Crippen LogP contribution is 2.33. The lowest BCUT2D eigenvalue weighted by Gasteiger charge is -2.28. The van der Waals surface area contributed by atoms with Crippen molar-refractivity contribution >= 4 is 45.8 Å². The molecule has 0 bridgehead atoms. The molecule has 1 fully saturated rings. The summed E-state index contributed by atoms with van der Waals surface area (Å²) in [4.78, 5) is 12.4. The Morgan fingerprint density at radius 1 is 1.35 bits per heavy atom. The number of rotatable bonds is 3. The molecular formula is C15H14ClIN2O. The summed E-state index contributed by atoms with van der Waals surface area (Å²) in [5.41, 5.74) is 1.35. The average molecular weight is 401 g/mol. The Kier molecular flexibility index (Phi) is 4.03. The van der Waals surface area contributed by atoms with Gasteiger partial charge in [-0.1, -0.05) is 11.6 Å². The second-order valence-electron chi connectivity index (χ2n) is 4.96. The maximum Gasteiger partial charge on any atom is 0.272 e. The molecular weight excluding hydrogens is 387 g/mol. The van der Waals surface area contributed by atoms with Crippen LogP contribution in [-0.2, 0) is 0 Å². The first-order valence-corrected chi connectivity index (χ1v) is 8.04. The van der Waals surface area contributed by atoms with Gasteiger partial charge in [-0.05, 0) is 72.2 Å². The molecule has 1 aromatic heterocycles. The molecule has 2 aromatic rings. The molecule has 1 aliphatic rings. The predicted octanol–water partition coefficient (Wildman–Crippen LogP) is 4.72. The number of carbonyl (C=O) groups is 1. The highest BCUT2D eigenvalue weighted by atomic mass is 127. The standard InChI is InChI=1S/C15H14ClIN2O/c16-12-9-10(17)6-7-13(12)18-15(20)14-5-2-8-19(14)11-3-1-4-11/h2,5-9,11H,1,3-4H2,(H,18,20). The number of nitrogens with one attached hydrogen (secondary N) is 1. The normalized spacial score (nSPS) is 14.9. The van der Waals surface area contributed by atoms with Crippen LogP contribution in [0.2, 0.25) is 5.02 Å². The summed E-state index contributed by atoms with van der Waals surface area (Å²) >= 11 is 8.34. The Balaban J connectivity index is 1.81. The van der Waals surface area contributed by atoms with Crippen LogP contribution >= 0.6 is 34.2 Å². The second-order valence-corrected chi connectivity index (χ2v) is 6.62. The fraction of sp³-hybridized carbons (Fsp3) is 0.267. The van der Waals surface area contributed by atoms with Crippen LogP contribution in [0.5, 0.6) is 0 Å². The minimum Gasteiger partial charge on any atom is -0.340 e. The smallest absolute Gasteiger partial charge is 0.272 e. The van der Waals surface area contributed by atoms with Gasteiger partial charge in [0.2, 0.25) is 0 Å².